The van der Waals surface area contributed by atoms with Crippen LogP contribution in [0.15, 0.2) is 54.9 Å². The summed E-state index contributed by atoms with van der Waals surface area (Å²) in [6, 6.07) is 13.7. The molecule has 0 saturated heterocycles. The van der Waals surface area contributed by atoms with Crippen LogP contribution >= 0.6 is 0 Å². The Balaban J connectivity index is 1.67. The van der Waals surface area contributed by atoms with Crippen LogP contribution in [0.4, 0.5) is 5.69 Å². The number of nitrogens with two attached hydrogens (primary N) is 1. The molecule has 0 unspecified atom stereocenters. The highest BCUT2D eigenvalue weighted by Gasteiger charge is 2.19. The highest BCUT2D eigenvalue weighted by Crippen LogP contribution is 2.28. The van der Waals surface area contributed by atoms with E-state index in [-0.39, 0.29) is 17.7 Å². The third-order valence-corrected chi connectivity index (χ3v) is 6.21. The van der Waals surface area contributed by atoms with Crippen molar-refractivity contribution < 1.29 is 19.1 Å². The largest absolute Gasteiger partial charge is 0.487 e. The minimum Gasteiger partial charge on any atom is -0.487 e. The number of ketones is 1. The number of nitrogens with zero attached hydrogens (tertiary/aromatic N) is 1. The first kappa shape index (κ1) is 28.0. The molecule has 3 aromatic rings. The molecule has 37 heavy (non-hydrogen) atoms. The molecule has 1 aromatic heterocycles. The number of hydrogen-bond acceptors (Lipinski definition) is 5. The molecule has 1 heterocycles. The monoisotopic (exact) mass is 504 g/mol. The minimum absolute atomic E-state index is 0.0770. The summed E-state index contributed by atoms with van der Waals surface area (Å²) < 4.78 is 12.9. The molecule has 0 fully saturated rings. The van der Waals surface area contributed by atoms with Crippen molar-refractivity contribution in [3.8, 4) is 5.75 Å². The van der Waals surface area contributed by atoms with Gasteiger partial charge in [-0.3, -0.25) is 9.59 Å². The van der Waals surface area contributed by atoms with Crippen molar-refractivity contribution in [2.45, 2.75) is 73.0 Å². The number of anilines is 1. The molecule has 6 heteroatoms. The van der Waals surface area contributed by atoms with Crippen LogP contribution in [-0.4, -0.2) is 22.9 Å². The summed E-state index contributed by atoms with van der Waals surface area (Å²) in [4.78, 5) is 25.1. The van der Waals surface area contributed by atoms with Crippen LogP contribution in [-0.2, 0) is 29.1 Å². The fourth-order valence-corrected chi connectivity index (χ4v) is 4.32. The van der Waals surface area contributed by atoms with Crippen LogP contribution in [0.1, 0.15) is 86.0 Å². The molecular formula is C31H40N2O4. The normalized spacial score (nSPS) is 11.2. The molecule has 3 rings (SSSR count). The molecule has 0 saturated carbocycles. The van der Waals surface area contributed by atoms with Gasteiger partial charge in [-0.1, -0.05) is 52.0 Å². The standard InChI is InChI=1S/C31H40N2O4/c1-6-36-30(34)8-7-15-33-18-26(22(4)5)27(19-33)31(35)25-13-14-29(28(32)17-25)37-20-24-11-9-23(10-12-24)16-21(2)3/h9-14,17-19,21-22H,6-8,15-16,20,32H2,1-5H3. The molecule has 2 N–H and O–H groups in total. The first-order valence-corrected chi connectivity index (χ1v) is 13.2. The number of nitrogen functional groups attached to an aromatic ring is 1. The Morgan fingerprint density at radius 3 is 2.30 bits per heavy atom. The summed E-state index contributed by atoms with van der Waals surface area (Å²) >= 11 is 0. The lowest BCUT2D eigenvalue weighted by Crippen LogP contribution is -2.06. The van der Waals surface area contributed by atoms with E-state index in [2.05, 4.69) is 52.0 Å². The Kier molecular flexibility index (Phi) is 9.95. The van der Waals surface area contributed by atoms with Crippen molar-refractivity contribution in [1.29, 1.82) is 0 Å². The SMILES string of the molecule is CCOC(=O)CCCn1cc(C(=O)c2ccc(OCc3ccc(CC(C)C)cc3)c(N)c2)c(C(C)C)c1. The number of esters is 1. The smallest absolute Gasteiger partial charge is 0.305 e. The van der Waals surface area contributed by atoms with Crippen LogP contribution in [0.3, 0.4) is 0 Å². The molecule has 0 aliphatic rings. The van der Waals surface area contributed by atoms with Crippen LogP contribution < -0.4 is 10.5 Å². The number of ether oxygens (including phenoxy) is 2. The number of aryl methyl sites for hydroxylation is 1. The van der Waals surface area contributed by atoms with Gasteiger partial charge in [-0.15, -0.1) is 0 Å². The average Bonchev–Trinajstić information content (AvgIpc) is 3.28. The lowest BCUT2D eigenvalue weighted by Gasteiger charge is -2.12. The van der Waals surface area contributed by atoms with Crippen molar-refractivity contribution in [2.24, 2.45) is 5.92 Å². The summed E-state index contributed by atoms with van der Waals surface area (Å²) in [5.74, 6) is 1.08. The Labute approximate surface area is 220 Å². The summed E-state index contributed by atoms with van der Waals surface area (Å²) in [6.45, 7) is 11.8. The fourth-order valence-electron chi connectivity index (χ4n) is 4.32. The molecule has 0 aliphatic heterocycles. The predicted molar refractivity (Wildman–Crippen MR) is 148 cm³/mol. The molecule has 2 aromatic carbocycles. The van der Waals surface area contributed by atoms with Crippen molar-refractivity contribution in [1.82, 2.24) is 4.57 Å². The predicted octanol–water partition coefficient (Wildman–Crippen LogP) is 6.55. The minimum atomic E-state index is -0.198. The molecule has 0 radical (unpaired) electrons. The van der Waals surface area contributed by atoms with E-state index in [0.717, 1.165) is 17.5 Å². The number of aromatic nitrogens is 1. The molecule has 0 atom stereocenters. The second kappa shape index (κ2) is 13.1. The number of hydrogen-bond donors (Lipinski definition) is 1. The van der Waals surface area contributed by atoms with Gasteiger partial charge in [-0.05, 0) is 66.5 Å². The first-order chi connectivity index (χ1) is 17.7. The molecule has 0 bridgehead atoms. The maximum absolute atomic E-state index is 13.4. The second-order valence-electron chi connectivity index (χ2n) is 10.2. The van der Waals surface area contributed by atoms with Gasteiger partial charge in [-0.2, -0.15) is 0 Å². The highest BCUT2D eigenvalue weighted by atomic mass is 16.5. The van der Waals surface area contributed by atoms with E-state index < -0.39 is 0 Å². The highest BCUT2D eigenvalue weighted by molar-refractivity contribution is 6.10. The van der Waals surface area contributed by atoms with E-state index in [1.807, 2.05) is 17.0 Å². The summed E-state index contributed by atoms with van der Waals surface area (Å²) in [6.07, 6.45) is 5.92. The molecule has 198 valence electrons. The van der Waals surface area contributed by atoms with E-state index in [0.29, 0.717) is 61.1 Å². The van der Waals surface area contributed by atoms with Gasteiger partial charge in [0.1, 0.15) is 12.4 Å². The summed E-state index contributed by atoms with van der Waals surface area (Å²) in [5.41, 5.74) is 11.2. The molecule has 6 nitrogen and oxygen atoms in total. The number of carbonyl (C=O) groups is 2. The van der Waals surface area contributed by atoms with E-state index in [4.69, 9.17) is 15.2 Å². The van der Waals surface area contributed by atoms with Crippen molar-refractivity contribution in [2.75, 3.05) is 12.3 Å². The Morgan fingerprint density at radius 1 is 0.973 bits per heavy atom. The van der Waals surface area contributed by atoms with Gasteiger partial charge in [0.15, 0.2) is 5.78 Å². The van der Waals surface area contributed by atoms with E-state index in [1.165, 1.54) is 5.56 Å². The van der Waals surface area contributed by atoms with Gasteiger partial charge in [0.25, 0.3) is 0 Å². The van der Waals surface area contributed by atoms with Crippen LogP contribution in [0.2, 0.25) is 0 Å². The zero-order valence-electron chi connectivity index (χ0n) is 22.8. The first-order valence-electron chi connectivity index (χ1n) is 13.2. The van der Waals surface area contributed by atoms with Gasteiger partial charge < -0.3 is 19.8 Å². The van der Waals surface area contributed by atoms with E-state index in [1.54, 1.807) is 25.1 Å². The quantitative estimate of drug-likeness (QED) is 0.162. The second-order valence-corrected chi connectivity index (χ2v) is 10.2. The summed E-state index contributed by atoms with van der Waals surface area (Å²) in [7, 11) is 0. The van der Waals surface area contributed by atoms with E-state index in [9.17, 15) is 9.59 Å². The third kappa shape index (κ3) is 7.97. The topological polar surface area (TPSA) is 83.5 Å². The van der Waals surface area contributed by atoms with Gasteiger partial charge in [0, 0.05) is 36.5 Å². The molecule has 0 amide bonds. The number of benzene rings is 2. The van der Waals surface area contributed by atoms with Crippen molar-refractivity contribution in [3.05, 3.63) is 82.7 Å². The third-order valence-electron chi connectivity index (χ3n) is 6.21. The van der Waals surface area contributed by atoms with Gasteiger partial charge in [0.05, 0.1) is 12.3 Å². The lowest BCUT2D eigenvalue weighted by molar-refractivity contribution is -0.143. The number of carbonyl (C=O) groups excluding carboxylic acids is 2. The van der Waals surface area contributed by atoms with E-state index >= 15 is 0 Å². The Morgan fingerprint density at radius 2 is 1.68 bits per heavy atom. The summed E-state index contributed by atoms with van der Waals surface area (Å²) in [5, 5.41) is 0. The zero-order chi connectivity index (χ0) is 26.9. The maximum Gasteiger partial charge on any atom is 0.305 e. The molecule has 0 spiro atoms. The van der Waals surface area contributed by atoms with Crippen LogP contribution in [0.5, 0.6) is 5.75 Å². The molecule has 0 aliphatic carbocycles. The number of rotatable bonds is 13. The van der Waals surface area contributed by atoms with Crippen molar-refractivity contribution in [3.63, 3.8) is 0 Å². The Bertz CT molecular complexity index is 1190. The fraction of sp³-hybridized carbons (Fsp3) is 0.419. The van der Waals surface area contributed by atoms with Gasteiger partial charge >= 0.3 is 5.97 Å². The van der Waals surface area contributed by atoms with Gasteiger partial charge in [0.2, 0.25) is 0 Å². The maximum atomic E-state index is 13.4. The Hall–Kier alpha value is -3.54. The van der Waals surface area contributed by atoms with Gasteiger partial charge in [-0.25, -0.2) is 0 Å². The van der Waals surface area contributed by atoms with Crippen LogP contribution in [0.25, 0.3) is 0 Å². The zero-order valence-corrected chi connectivity index (χ0v) is 22.8. The average molecular weight is 505 g/mol. The lowest BCUT2D eigenvalue weighted by atomic mass is 9.96. The van der Waals surface area contributed by atoms with Crippen molar-refractivity contribution >= 4 is 17.4 Å². The van der Waals surface area contributed by atoms with Crippen LogP contribution in [0, 0.1) is 5.92 Å². The molecular weight excluding hydrogens is 464 g/mol.